The third-order valence-corrected chi connectivity index (χ3v) is 3.95. The smallest absolute Gasteiger partial charge is 0.133 e. The molecule has 0 bridgehead atoms. The van der Waals surface area contributed by atoms with Crippen LogP contribution in [0.4, 0.5) is 0 Å². The van der Waals surface area contributed by atoms with Crippen LogP contribution in [0, 0.1) is 6.92 Å². The van der Waals surface area contributed by atoms with Gasteiger partial charge in [-0.25, -0.2) is 9.97 Å². The van der Waals surface area contributed by atoms with Crippen molar-refractivity contribution in [1.29, 1.82) is 0 Å². The molecule has 1 aliphatic rings. The average molecular weight is 267 g/mol. The fourth-order valence-corrected chi connectivity index (χ4v) is 2.71. The average Bonchev–Trinajstić information content (AvgIpc) is 3.01. The monoisotopic (exact) mass is 267 g/mol. The normalized spacial score (nSPS) is 18.4. The summed E-state index contributed by atoms with van der Waals surface area (Å²) in [7, 11) is 0. The Hall–Kier alpha value is -1.74. The second-order valence-corrected chi connectivity index (χ2v) is 5.49. The fourth-order valence-electron chi connectivity index (χ4n) is 2.71. The number of nitrogens with one attached hydrogen (secondary N) is 1. The van der Waals surface area contributed by atoms with Crippen molar-refractivity contribution in [3.63, 3.8) is 0 Å². The SMILES string of the molecule is CCc1ccc(-c2cc(C)nc(C3CCNC3)n2)cc1. The van der Waals surface area contributed by atoms with E-state index in [1.54, 1.807) is 0 Å². The second-order valence-electron chi connectivity index (χ2n) is 5.49. The van der Waals surface area contributed by atoms with E-state index < -0.39 is 0 Å². The van der Waals surface area contributed by atoms with Crippen molar-refractivity contribution >= 4 is 0 Å². The highest BCUT2D eigenvalue weighted by atomic mass is 15.0. The van der Waals surface area contributed by atoms with Gasteiger partial charge in [0.15, 0.2) is 0 Å². The summed E-state index contributed by atoms with van der Waals surface area (Å²) < 4.78 is 0. The topological polar surface area (TPSA) is 37.8 Å². The molecule has 2 heterocycles. The lowest BCUT2D eigenvalue weighted by Gasteiger charge is -2.10. The maximum atomic E-state index is 4.79. The molecular formula is C17H21N3. The third kappa shape index (κ3) is 2.73. The number of hydrogen-bond donors (Lipinski definition) is 1. The van der Waals surface area contributed by atoms with Gasteiger partial charge >= 0.3 is 0 Å². The van der Waals surface area contributed by atoms with Crippen molar-refractivity contribution in [1.82, 2.24) is 15.3 Å². The van der Waals surface area contributed by atoms with Gasteiger partial charge in [0.05, 0.1) is 5.69 Å². The molecule has 1 aromatic carbocycles. The molecule has 0 radical (unpaired) electrons. The van der Waals surface area contributed by atoms with E-state index in [-0.39, 0.29) is 0 Å². The number of benzene rings is 1. The van der Waals surface area contributed by atoms with Crippen LogP contribution in [-0.4, -0.2) is 23.1 Å². The quantitative estimate of drug-likeness (QED) is 0.928. The maximum Gasteiger partial charge on any atom is 0.133 e. The first-order valence-corrected chi connectivity index (χ1v) is 7.42. The van der Waals surface area contributed by atoms with Crippen molar-refractivity contribution in [2.75, 3.05) is 13.1 Å². The molecule has 104 valence electrons. The van der Waals surface area contributed by atoms with Crippen molar-refractivity contribution in [3.8, 4) is 11.3 Å². The lowest BCUT2D eigenvalue weighted by molar-refractivity contribution is 0.698. The molecule has 2 aromatic rings. The highest BCUT2D eigenvalue weighted by Crippen LogP contribution is 2.24. The molecule has 0 amide bonds. The highest BCUT2D eigenvalue weighted by molar-refractivity contribution is 5.59. The van der Waals surface area contributed by atoms with E-state index in [2.05, 4.69) is 54.5 Å². The number of aromatic nitrogens is 2. The van der Waals surface area contributed by atoms with E-state index in [0.717, 1.165) is 43.1 Å². The Balaban J connectivity index is 1.95. The molecule has 1 fully saturated rings. The molecule has 0 saturated carbocycles. The van der Waals surface area contributed by atoms with Crippen LogP contribution in [-0.2, 0) is 6.42 Å². The minimum absolute atomic E-state index is 0.462. The minimum Gasteiger partial charge on any atom is -0.316 e. The van der Waals surface area contributed by atoms with Crippen molar-refractivity contribution in [3.05, 3.63) is 47.4 Å². The summed E-state index contributed by atoms with van der Waals surface area (Å²) in [5.41, 5.74) is 4.64. The highest BCUT2D eigenvalue weighted by Gasteiger charge is 2.20. The van der Waals surface area contributed by atoms with Crippen molar-refractivity contribution in [2.45, 2.75) is 32.6 Å². The van der Waals surface area contributed by atoms with Gasteiger partial charge in [0.2, 0.25) is 0 Å². The van der Waals surface area contributed by atoms with Crippen LogP contribution in [0.3, 0.4) is 0 Å². The van der Waals surface area contributed by atoms with Gasteiger partial charge in [-0.2, -0.15) is 0 Å². The molecule has 0 spiro atoms. The summed E-state index contributed by atoms with van der Waals surface area (Å²) in [4.78, 5) is 9.41. The first kappa shape index (κ1) is 13.3. The Morgan fingerprint density at radius 2 is 2.00 bits per heavy atom. The summed E-state index contributed by atoms with van der Waals surface area (Å²) in [6.07, 6.45) is 2.21. The van der Waals surface area contributed by atoms with Gasteiger partial charge in [-0.3, -0.25) is 0 Å². The van der Waals surface area contributed by atoms with Gasteiger partial charge in [-0.05, 0) is 37.9 Å². The van der Waals surface area contributed by atoms with E-state index in [1.807, 2.05) is 0 Å². The summed E-state index contributed by atoms with van der Waals surface area (Å²) in [5.74, 6) is 1.45. The molecule has 3 nitrogen and oxygen atoms in total. The Bertz CT molecular complexity index is 584. The lowest BCUT2D eigenvalue weighted by atomic mass is 10.1. The molecule has 1 unspecified atom stereocenters. The maximum absolute atomic E-state index is 4.79. The molecular weight excluding hydrogens is 246 g/mol. The summed E-state index contributed by atoms with van der Waals surface area (Å²) in [6, 6.07) is 10.8. The lowest BCUT2D eigenvalue weighted by Crippen LogP contribution is -2.11. The van der Waals surface area contributed by atoms with Gasteiger partial charge in [0, 0.05) is 23.7 Å². The Kier molecular flexibility index (Phi) is 3.79. The minimum atomic E-state index is 0.462. The predicted molar refractivity (Wildman–Crippen MR) is 81.8 cm³/mol. The van der Waals surface area contributed by atoms with E-state index in [9.17, 15) is 0 Å². The van der Waals surface area contributed by atoms with E-state index in [0.29, 0.717) is 5.92 Å². The molecule has 1 atom stereocenters. The Morgan fingerprint density at radius 3 is 2.65 bits per heavy atom. The molecule has 20 heavy (non-hydrogen) atoms. The number of hydrogen-bond acceptors (Lipinski definition) is 3. The number of aryl methyl sites for hydroxylation is 2. The summed E-state index contributed by atoms with van der Waals surface area (Å²) in [5, 5.41) is 3.38. The van der Waals surface area contributed by atoms with Gasteiger partial charge in [-0.1, -0.05) is 31.2 Å². The number of nitrogens with zero attached hydrogens (tertiary/aromatic N) is 2. The fraction of sp³-hybridized carbons (Fsp3) is 0.412. The van der Waals surface area contributed by atoms with Crippen LogP contribution in [0.15, 0.2) is 30.3 Å². The van der Waals surface area contributed by atoms with Crippen LogP contribution in [0.5, 0.6) is 0 Å². The van der Waals surface area contributed by atoms with Crippen LogP contribution in [0.1, 0.15) is 36.3 Å². The van der Waals surface area contributed by atoms with Crippen LogP contribution in [0.2, 0.25) is 0 Å². The first-order chi connectivity index (χ1) is 9.76. The molecule has 1 N–H and O–H groups in total. The summed E-state index contributed by atoms with van der Waals surface area (Å²) in [6.45, 7) is 6.30. The van der Waals surface area contributed by atoms with Crippen LogP contribution in [0.25, 0.3) is 11.3 Å². The third-order valence-electron chi connectivity index (χ3n) is 3.95. The van der Waals surface area contributed by atoms with E-state index in [4.69, 9.17) is 4.98 Å². The molecule has 3 rings (SSSR count). The van der Waals surface area contributed by atoms with Gasteiger partial charge < -0.3 is 5.32 Å². The summed E-state index contributed by atoms with van der Waals surface area (Å²) >= 11 is 0. The Morgan fingerprint density at radius 1 is 1.20 bits per heavy atom. The Labute approximate surface area is 120 Å². The molecule has 1 saturated heterocycles. The van der Waals surface area contributed by atoms with Gasteiger partial charge in [0.25, 0.3) is 0 Å². The van der Waals surface area contributed by atoms with Gasteiger partial charge in [0.1, 0.15) is 5.82 Å². The second kappa shape index (κ2) is 5.71. The van der Waals surface area contributed by atoms with E-state index in [1.165, 1.54) is 11.1 Å². The first-order valence-electron chi connectivity index (χ1n) is 7.42. The van der Waals surface area contributed by atoms with E-state index >= 15 is 0 Å². The largest absolute Gasteiger partial charge is 0.316 e. The predicted octanol–water partition coefficient (Wildman–Crippen LogP) is 3.09. The standard InChI is InChI=1S/C17H21N3/c1-3-13-4-6-14(7-5-13)16-10-12(2)19-17(20-16)15-8-9-18-11-15/h4-7,10,15,18H,3,8-9,11H2,1-2H3. The van der Waals surface area contributed by atoms with Gasteiger partial charge in [-0.15, -0.1) is 0 Å². The molecule has 1 aromatic heterocycles. The molecule has 0 aliphatic carbocycles. The van der Waals surface area contributed by atoms with Crippen molar-refractivity contribution < 1.29 is 0 Å². The molecule has 3 heteroatoms. The zero-order valence-corrected chi connectivity index (χ0v) is 12.2. The zero-order valence-electron chi connectivity index (χ0n) is 12.2. The van der Waals surface area contributed by atoms with Crippen LogP contribution < -0.4 is 5.32 Å². The van der Waals surface area contributed by atoms with Crippen molar-refractivity contribution in [2.24, 2.45) is 0 Å². The van der Waals surface area contributed by atoms with Crippen LogP contribution >= 0.6 is 0 Å². The number of rotatable bonds is 3. The molecule has 1 aliphatic heterocycles. The zero-order chi connectivity index (χ0) is 13.9.